The van der Waals surface area contributed by atoms with Crippen LogP contribution in [-0.4, -0.2) is 19.0 Å². The lowest BCUT2D eigenvalue weighted by molar-refractivity contribution is 0.102. The van der Waals surface area contributed by atoms with Crippen LogP contribution in [-0.2, 0) is 0 Å². The van der Waals surface area contributed by atoms with Crippen LogP contribution in [0.5, 0.6) is 0 Å². The Kier molecular flexibility index (Phi) is 5.44. The molecule has 5 heteroatoms. The summed E-state index contributed by atoms with van der Waals surface area (Å²) in [6, 6.07) is 12.8. The molecule has 116 valence electrons. The van der Waals surface area contributed by atoms with E-state index in [4.69, 9.17) is 5.73 Å². The van der Waals surface area contributed by atoms with Gasteiger partial charge in [0, 0.05) is 28.8 Å². The van der Waals surface area contributed by atoms with Crippen LogP contribution in [0, 0.1) is 0 Å². The minimum atomic E-state index is -0.147. The van der Waals surface area contributed by atoms with E-state index in [1.807, 2.05) is 24.3 Å². The topological polar surface area (TPSA) is 58.4 Å². The fraction of sp³-hybridized carbons (Fsp3) is 0.235. The third kappa shape index (κ3) is 3.80. The molecule has 0 fully saturated rings. The summed E-state index contributed by atoms with van der Waals surface area (Å²) in [5.74, 6) is -0.147. The van der Waals surface area contributed by atoms with Gasteiger partial charge < -0.3 is 16.0 Å². The smallest absolute Gasteiger partial charge is 0.255 e. The summed E-state index contributed by atoms with van der Waals surface area (Å²) < 4.78 is 0.942. The molecule has 22 heavy (non-hydrogen) atoms. The molecule has 0 aliphatic heterocycles. The molecule has 0 bridgehead atoms. The Bertz CT molecular complexity index is 651. The van der Waals surface area contributed by atoms with Crippen LogP contribution in [0.25, 0.3) is 0 Å². The number of benzene rings is 2. The highest BCUT2D eigenvalue weighted by Gasteiger charge is 2.13. The number of hydrogen-bond acceptors (Lipinski definition) is 3. The van der Waals surface area contributed by atoms with Gasteiger partial charge in [0.2, 0.25) is 0 Å². The van der Waals surface area contributed by atoms with Crippen molar-refractivity contribution in [2.75, 3.05) is 29.0 Å². The van der Waals surface area contributed by atoms with E-state index >= 15 is 0 Å². The molecule has 1 amide bonds. The molecule has 2 aromatic carbocycles. The molecule has 0 aromatic heterocycles. The van der Waals surface area contributed by atoms with Crippen molar-refractivity contribution in [2.24, 2.45) is 0 Å². The molecule has 0 atom stereocenters. The van der Waals surface area contributed by atoms with Gasteiger partial charge in [-0.3, -0.25) is 4.79 Å². The van der Waals surface area contributed by atoms with E-state index in [-0.39, 0.29) is 5.91 Å². The van der Waals surface area contributed by atoms with Crippen LogP contribution in [0.3, 0.4) is 0 Å². The molecule has 0 unspecified atom stereocenters. The Morgan fingerprint density at radius 1 is 1.14 bits per heavy atom. The number of hydrogen-bond donors (Lipinski definition) is 2. The Hall–Kier alpha value is -2.01. The molecule has 0 aliphatic rings. The number of nitrogens with one attached hydrogen (secondary N) is 1. The highest BCUT2D eigenvalue weighted by molar-refractivity contribution is 9.10. The molecule has 4 nitrogen and oxygen atoms in total. The van der Waals surface area contributed by atoms with Gasteiger partial charge in [-0.15, -0.1) is 0 Å². The van der Waals surface area contributed by atoms with Crippen molar-refractivity contribution in [1.29, 1.82) is 0 Å². The maximum Gasteiger partial charge on any atom is 0.255 e. The van der Waals surface area contributed by atoms with Gasteiger partial charge in [0.15, 0.2) is 0 Å². The largest absolute Gasteiger partial charge is 0.399 e. The molecule has 0 heterocycles. The number of nitrogens with two attached hydrogens (primary N) is 1. The van der Waals surface area contributed by atoms with Crippen molar-refractivity contribution in [1.82, 2.24) is 0 Å². The SMILES string of the molecule is CCN(CC)c1ccc(N)cc1NC(=O)c1ccc(Br)cc1. The Morgan fingerprint density at radius 2 is 1.77 bits per heavy atom. The van der Waals surface area contributed by atoms with Crippen LogP contribution in [0.2, 0.25) is 0 Å². The number of carbonyl (C=O) groups is 1. The van der Waals surface area contributed by atoms with Gasteiger partial charge in [-0.1, -0.05) is 15.9 Å². The van der Waals surface area contributed by atoms with Gasteiger partial charge in [0.1, 0.15) is 0 Å². The van der Waals surface area contributed by atoms with Gasteiger partial charge in [-0.05, 0) is 56.3 Å². The number of carbonyl (C=O) groups excluding carboxylic acids is 1. The van der Waals surface area contributed by atoms with Crippen molar-refractivity contribution in [3.63, 3.8) is 0 Å². The molecular formula is C17H20BrN3O. The first-order chi connectivity index (χ1) is 10.5. The van der Waals surface area contributed by atoms with Crippen molar-refractivity contribution < 1.29 is 4.79 Å². The van der Waals surface area contributed by atoms with Crippen molar-refractivity contribution in [2.45, 2.75) is 13.8 Å². The van der Waals surface area contributed by atoms with Gasteiger partial charge in [0.25, 0.3) is 5.91 Å². The van der Waals surface area contributed by atoms with E-state index in [0.29, 0.717) is 11.3 Å². The van der Waals surface area contributed by atoms with Gasteiger partial charge in [-0.2, -0.15) is 0 Å². The molecule has 0 radical (unpaired) electrons. The predicted octanol–water partition coefficient (Wildman–Crippen LogP) is 4.13. The molecule has 0 saturated carbocycles. The van der Waals surface area contributed by atoms with Crippen LogP contribution in [0.1, 0.15) is 24.2 Å². The monoisotopic (exact) mass is 361 g/mol. The van der Waals surface area contributed by atoms with E-state index in [9.17, 15) is 4.79 Å². The Morgan fingerprint density at radius 3 is 2.36 bits per heavy atom. The molecule has 0 aliphatic carbocycles. The zero-order valence-corrected chi connectivity index (χ0v) is 14.4. The molecule has 2 rings (SSSR count). The maximum absolute atomic E-state index is 12.4. The molecule has 2 aromatic rings. The Balaban J connectivity index is 2.29. The summed E-state index contributed by atoms with van der Waals surface area (Å²) in [6.45, 7) is 5.89. The van der Waals surface area contributed by atoms with E-state index in [1.54, 1.807) is 18.2 Å². The van der Waals surface area contributed by atoms with Crippen LogP contribution in [0.4, 0.5) is 17.1 Å². The maximum atomic E-state index is 12.4. The number of halogens is 1. The zero-order valence-electron chi connectivity index (χ0n) is 12.8. The minimum Gasteiger partial charge on any atom is -0.399 e. The average molecular weight is 362 g/mol. The summed E-state index contributed by atoms with van der Waals surface area (Å²) >= 11 is 3.37. The number of nitrogen functional groups attached to an aromatic ring is 1. The fourth-order valence-electron chi connectivity index (χ4n) is 2.29. The van der Waals surface area contributed by atoms with Crippen molar-refractivity contribution >= 4 is 38.9 Å². The van der Waals surface area contributed by atoms with Crippen LogP contribution in [0.15, 0.2) is 46.9 Å². The molecule has 3 N–H and O–H groups in total. The second kappa shape index (κ2) is 7.31. The first-order valence-corrected chi connectivity index (χ1v) is 8.05. The van der Waals surface area contributed by atoms with Crippen LogP contribution >= 0.6 is 15.9 Å². The summed E-state index contributed by atoms with van der Waals surface area (Å²) in [4.78, 5) is 14.6. The molecule has 0 saturated heterocycles. The average Bonchev–Trinajstić information content (AvgIpc) is 2.51. The summed E-state index contributed by atoms with van der Waals surface area (Å²) in [6.07, 6.45) is 0. The van der Waals surface area contributed by atoms with Gasteiger partial charge in [0.05, 0.1) is 11.4 Å². The predicted molar refractivity (Wildman–Crippen MR) is 96.5 cm³/mol. The summed E-state index contributed by atoms with van der Waals surface area (Å²) in [7, 11) is 0. The Labute approximate surface area is 139 Å². The second-order valence-corrected chi connectivity index (χ2v) is 5.83. The normalized spacial score (nSPS) is 10.3. The summed E-state index contributed by atoms with van der Waals surface area (Å²) in [5.41, 5.74) is 8.81. The molecule has 0 spiro atoms. The number of rotatable bonds is 5. The third-order valence-corrected chi connectivity index (χ3v) is 4.01. The number of nitrogens with zero attached hydrogens (tertiary/aromatic N) is 1. The number of anilines is 3. The van der Waals surface area contributed by atoms with Gasteiger partial charge >= 0.3 is 0 Å². The number of amides is 1. The summed E-state index contributed by atoms with van der Waals surface area (Å²) in [5, 5.41) is 2.96. The van der Waals surface area contributed by atoms with E-state index in [0.717, 1.165) is 28.9 Å². The lowest BCUT2D eigenvalue weighted by Crippen LogP contribution is -2.24. The lowest BCUT2D eigenvalue weighted by Gasteiger charge is -2.24. The third-order valence-electron chi connectivity index (χ3n) is 3.48. The van der Waals surface area contributed by atoms with Gasteiger partial charge in [-0.25, -0.2) is 0 Å². The lowest BCUT2D eigenvalue weighted by atomic mass is 10.1. The second-order valence-electron chi connectivity index (χ2n) is 4.91. The highest BCUT2D eigenvalue weighted by Crippen LogP contribution is 2.28. The van der Waals surface area contributed by atoms with E-state index in [2.05, 4.69) is 40.0 Å². The van der Waals surface area contributed by atoms with Crippen molar-refractivity contribution in [3.05, 3.63) is 52.5 Å². The fourth-order valence-corrected chi connectivity index (χ4v) is 2.55. The van der Waals surface area contributed by atoms with Crippen molar-refractivity contribution in [3.8, 4) is 0 Å². The minimum absolute atomic E-state index is 0.147. The first-order valence-electron chi connectivity index (χ1n) is 7.26. The first kappa shape index (κ1) is 16.4. The van der Waals surface area contributed by atoms with Crippen LogP contribution < -0.4 is 16.0 Å². The zero-order chi connectivity index (χ0) is 16.1. The standard InChI is InChI=1S/C17H20BrN3O/c1-3-21(4-2)16-10-9-14(19)11-15(16)20-17(22)12-5-7-13(18)8-6-12/h5-11H,3-4,19H2,1-2H3,(H,20,22). The van der Waals surface area contributed by atoms with E-state index in [1.165, 1.54) is 0 Å². The molecular weight excluding hydrogens is 342 g/mol. The van der Waals surface area contributed by atoms with E-state index < -0.39 is 0 Å². The quantitative estimate of drug-likeness (QED) is 0.787. The highest BCUT2D eigenvalue weighted by atomic mass is 79.9.